The van der Waals surface area contributed by atoms with E-state index in [9.17, 15) is 4.79 Å². The number of aromatic nitrogens is 1. The molecule has 1 aromatic carbocycles. The Morgan fingerprint density at radius 2 is 1.91 bits per heavy atom. The molecule has 0 unspecified atom stereocenters. The van der Waals surface area contributed by atoms with E-state index >= 15 is 0 Å². The van der Waals surface area contributed by atoms with Crippen LogP contribution in [0, 0.1) is 0 Å². The maximum Gasteiger partial charge on any atom is 0.230 e. The molecule has 0 saturated heterocycles. The summed E-state index contributed by atoms with van der Waals surface area (Å²) in [6.07, 6.45) is 9.17. The molecule has 1 fully saturated rings. The van der Waals surface area contributed by atoms with Gasteiger partial charge in [0.25, 0.3) is 0 Å². The van der Waals surface area contributed by atoms with Crippen LogP contribution in [0.5, 0.6) is 0 Å². The van der Waals surface area contributed by atoms with E-state index in [-0.39, 0.29) is 5.91 Å². The molecule has 1 aliphatic carbocycles. The summed E-state index contributed by atoms with van der Waals surface area (Å²) < 4.78 is 0. The molecule has 0 aliphatic heterocycles. The third-order valence-electron chi connectivity index (χ3n) is 4.17. The highest BCUT2D eigenvalue weighted by Gasteiger charge is 2.15. The van der Waals surface area contributed by atoms with Gasteiger partial charge in [-0.1, -0.05) is 43.9 Å². The van der Waals surface area contributed by atoms with E-state index in [2.05, 4.69) is 22.4 Å². The molecular weight excluding hydrogens is 292 g/mol. The predicted octanol–water partition coefficient (Wildman–Crippen LogP) is 4.17. The van der Waals surface area contributed by atoms with E-state index < -0.39 is 0 Å². The van der Waals surface area contributed by atoms with Gasteiger partial charge in [0.05, 0.1) is 11.3 Å². The third kappa shape index (κ3) is 4.01. The summed E-state index contributed by atoms with van der Waals surface area (Å²) >= 11 is 1.58. The third-order valence-corrected chi connectivity index (χ3v) is 5.22. The molecule has 3 nitrogen and oxygen atoms in total. The van der Waals surface area contributed by atoms with Crippen molar-refractivity contribution in [3.63, 3.8) is 0 Å². The van der Waals surface area contributed by atoms with Crippen LogP contribution < -0.4 is 5.32 Å². The summed E-state index contributed by atoms with van der Waals surface area (Å²) in [4.78, 5) is 17.7. The molecule has 0 bridgehead atoms. The topological polar surface area (TPSA) is 42.0 Å². The van der Waals surface area contributed by atoms with Gasteiger partial charge in [-0.05, 0) is 25.0 Å². The molecule has 1 aromatic heterocycles. The molecular formula is C18H22N2OS. The molecule has 1 N–H and O–H groups in total. The van der Waals surface area contributed by atoms with Crippen molar-refractivity contribution in [3.05, 3.63) is 36.5 Å². The van der Waals surface area contributed by atoms with Crippen molar-refractivity contribution in [2.75, 3.05) is 5.75 Å². The Kier molecular flexibility index (Phi) is 5.33. The summed E-state index contributed by atoms with van der Waals surface area (Å²) in [5, 5.41) is 4.32. The summed E-state index contributed by atoms with van der Waals surface area (Å²) in [7, 11) is 0. The molecule has 0 radical (unpaired) electrons. The van der Waals surface area contributed by atoms with Crippen molar-refractivity contribution in [1.82, 2.24) is 10.3 Å². The lowest BCUT2D eigenvalue weighted by Gasteiger charge is -2.16. The lowest BCUT2D eigenvalue weighted by molar-refractivity contribution is -0.119. The Bertz CT molecular complexity index is 631. The minimum atomic E-state index is 0.143. The first-order valence-corrected chi connectivity index (χ1v) is 9.07. The number of thioether (sulfide) groups is 1. The van der Waals surface area contributed by atoms with Crippen LogP contribution >= 0.6 is 11.8 Å². The maximum atomic E-state index is 12.2. The number of nitrogens with one attached hydrogen (secondary N) is 1. The molecule has 1 saturated carbocycles. The molecule has 1 aliphatic rings. The fraction of sp³-hybridized carbons (Fsp3) is 0.444. The number of fused-ring (bicyclic) bond motifs is 1. The molecule has 0 atom stereocenters. The SMILES string of the molecule is O=C(CSc1cccc2cccnc12)NC1CCCCCC1. The Balaban J connectivity index is 1.58. The van der Waals surface area contributed by atoms with E-state index in [1.807, 2.05) is 18.2 Å². The van der Waals surface area contributed by atoms with Crippen LogP contribution in [0.1, 0.15) is 38.5 Å². The molecule has 22 heavy (non-hydrogen) atoms. The standard InChI is InChI=1S/C18H22N2OS/c21-17(20-15-9-3-1-2-4-10-15)13-22-16-11-5-7-14-8-6-12-19-18(14)16/h5-8,11-12,15H,1-4,9-10,13H2,(H,20,21). The Morgan fingerprint density at radius 1 is 1.14 bits per heavy atom. The van der Waals surface area contributed by atoms with Gasteiger partial charge in [0, 0.05) is 22.5 Å². The van der Waals surface area contributed by atoms with Gasteiger partial charge in [0.15, 0.2) is 0 Å². The van der Waals surface area contributed by atoms with E-state index in [1.54, 1.807) is 18.0 Å². The van der Waals surface area contributed by atoms with Gasteiger partial charge in [-0.2, -0.15) is 0 Å². The largest absolute Gasteiger partial charge is 0.353 e. The Hall–Kier alpha value is -1.55. The molecule has 3 rings (SSSR count). The number of hydrogen-bond donors (Lipinski definition) is 1. The van der Waals surface area contributed by atoms with Crippen molar-refractivity contribution in [1.29, 1.82) is 0 Å². The summed E-state index contributed by atoms with van der Waals surface area (Å²) in [5.74, 6) is 0.608. The number of rotatable bonds is 4. The molecule has 116 valence electrons. The van der Waals surface area contributed by atoms with Crippen molar-refractivity contribution >= 4 is 28.6 Å². The van der Waals surface area contributed by atoms with Gasteiger partial charge < -0.3 is 5.32 Å². The summed E-state index contributed by atoms with van der Waals surface area (Å²) in [6, 6.07) is 10.5. The highest BCUT2D eigenvalue weighted by atomic mass is 32.2. The van der Waals surface area contributed by atoms with E-state index in [1.165, 1.54) is 25.7 Å². The highest BCUT2D eigenvalue weighted by molar-refractivity contribution is 8.00. The number of carbonyl (C=O) groups is 1. The fourth-order valence-corrected chi connectivity index (χ4v) is 3.88. The van der Waals surface area contributed by atoms with Gasteiger partial charge in [-0.25, -0.2) is 0 Å². The quantitative estimate of drug-likeness (QED) is 0.680. The first-order chi connectivity index (χ1) is 10.8. The number of nitrogens with zero attached hydrogens (tertiary/aromatic N) is 1. The first-order valence-electron chi connectivity index (χ1n) is 8.09. The van der Waals surface area contributed by atoms with Gasteiger partial charge >= 0.3 is 0 Å². The number of amides is 1. The Morgan fingerprint density at radius 3 is 2.73 bits per heavy atom. The predicted molar refractivity (Wildman–Crippen MR) is 92.1 cm³/mol. The average molecular weight is 314 g/mol. The van der Waals surface area contributed by atoms with Crippen LogP contribution in [-0.4, -0.2) is 22.7 Å². The lowest BCUT2D eigenvalue weighted by atomic mass is 10.1. The van der Waals surface area contributed by atoms with Gasteiger partial charge in [-0.3, -0.25) is 9.78 Å². The zero-order valence-corrected chi connectivity index (χ0v) is 13.6. The second kappa shape index (κ2) is 7.63. The van der Waals surface area contributed by atoms with Gasteiger partial charge in [-0.15, -0.1) is 11.8 Å². The number of carbonyl (C=O) groups excluding carboxylic acids is 1. The lowest BCUT2D eigenvalue weighted by Crippen LogP contribution is -2.35. The van der Waals surface area contributed by atoms with Crippen molar-refractivity contribution in [2.24, 2.45) is 0 Å². The first kappa shape index (κ1) is 15.3. The maximum absolute atomic E-state index is 12.2. The monoisotopic (exact) mass is 314 g/mol. The van der Waals surface area contributed by atoms with Crippen LogP contribution in [0.15, 0.2) is 41.4 Å². The van der Waals surface area contributed by atoms with E-state index in [0.29, 0.717) is 11.8 Å². The van der Waals surface area contributed by atoms with Gasteiger partial charge in [0.1, 0.15) is 0 Å². The molecule has 1 amide bonds. The van der Waals surface area contributed by atoms with Crippen molar-refractivity contribution in [2.45, 2.75) is 49.5 Å². The zero-order chi connectivity index (χ0) is 15.2. The normalized spacial score (nSPS) is 16.4. The zero-order valence-electron chi connectivity index (χ0n) is 12.8. The number of benzene rings is 1. The summed E-state index contributed by atoms with van der Waals surface area (Å²) in [5.41, 5.74) is 0.984. The fourth-order valence-electron chi connectivity index (χ4n) is 3.03. The smallest absolute Gasteiger partial charge is 0.230 e. The number of pyridine rings is 1. The van der Waals surface area contributed by atoms with E-state index in [0.717, 1.165) is 28.6 Å². The molecule has 4 heteroatoms. The van der Waals surface area contributed by atoms with E-state index in [4.69, 9.17) is 0 Å². The molecule has 2 aromatic rings. The summed E-state index contributed by atoms with van der Waals surface area (Å²) in [6.45, 7) is 0. The van der Waals surface area contributed by atoms with Crippen LogP contribution in [0.4, 0.5) is 0 Å². The second-order valence-corrected chi connectivity index (χ2v) is 6.89. The number of para-hydroxylation sites is 1. The van der Waals surface area contributed by atoms with Crippen LogP contribution in [0.3, 0.4) is 0 Å². The second-order valence-electron chi connectivity index (χ2n) is 5.88. The van der Waals surface area contributed by atoms with Crippen LogP contribution in [-0.2, 0) is 4.79 Å². The molecule has 0 spiro atoms. The minimum Gasteiger partial charge on any atom is -0.353 e. The van der Waals surface area contributed by atoms with Crippen LogP contribution in [0.25, 0.3) is 10.9 Å². The number of hydrogen-bond acceptors (Lipinski definition) is 3. The molecule has 1 heterocycles. The Labute approximate surface area is 135 Å². The van der Waals surface area contributed by atoms with Crippen LogP contribution in [0.2, 0.25) is 0 Å². The minimum absolute atomic E-state index is 0.143. The van der Waals surface area contributed by atoms with Gasteiger partial charge in [0.2, 0.25) is 5.91 Å². The average Bonchev–Trinajstić information content (AvgIpc) is 2.81. The van der Waals surface area contributed by atoms with Crippen molar-refractivity contribution < 1.29 is 4.79 Å². The highest BCUT2D eigenvalue weighted by Crippen LogP contribution is 2.26. The van der Waals surface area contributed by atoms with Crippen molar-refractivity contribution in [3.8, 4) is 0 Å².